The van der Waals surface area contributed by atoms with Crippen molar-refractivity contribution >= 4 is 33.2 Å². The Morgan fingerprint density at radius 3 is 2.44 bits per heavy atom. The van der Waals surface area contributed by atoms with E-state index in [0.717, 1.165) is 18.4 Å². The summed E-state index contributed by atoms with van der Waals surface area (Å²) in [5, 5.41) is 11.6. The number of hydrogen-bond donors (Lipinski definition) is 1. The number of rotatable bonds is 5. The highest BCUT2D eigenvalue weighted by Crippen LogP contribution is 2.26. The summed E-state index contributed by atoms with van der Waals surface area (Å²) in [5.41, 5.74) is 1.47. The Morgan fingerprint density at radius 1 is 1.15 bits per heavy atom. The summed E-state index contributed by atoms with van der Waals surface area (Å²) in [7, 11) is -3.63. The normalized spacial score (nSPS) is 14.7. The van der Waals surface area contributed by atoms with Gasteiger partial charge in [-0.05, 0) is 48.7 Å². The predicted molar refractivity (Wildman–Crippen MR) is 103 cm³/mol. The molecule has 0 aromatic heterocycles. The van der Waals surface area contributed by atoms with Gasteiger partial charge in [0.15, 0.2) is 0 Å². The van der Waals surface area contributed by atoms with Gasteiger partial charge in [-0.15, -0.1) is 0 Å². The molecule has 27 heavy (non-hydrogen) atoms. The van der Waals surface area contributed by atoms with Gasteiger partial charge in [0.1, 0.15) is 0 Å². The number of nitrogens with zero attached hydrogens (tertiary/aromatic N) is 2. The Labute approximate surface area is 163 Å². The Bertz CT molecular complexity index is 992. The zero-order chi connectivity index (χ0) is 19.4. The first-order valence-corrected chi connectivity index (χ1v) is 10.3. The Hall–Kier alpha value is -2.40. The third kappa shape index (κ3) is 4.30. The maximum atomic E-state index is 12.7. The van der Waals surface area contributed by atoms with E-state index in [0.29, 0.717) is 18.8 Å². The predicted octanol–water partition coefficient (Wildman–Crippen LogP) is 3.44. The Kier molecular flexibility index (Phi) is 5.80. The van der Waals surface area contributed by atoms with Crippen LogP contribution in [0.5, 0.6) is 0 Å². The first kappa shape index (κ1) is 19.4. The van der Waals surface area contributed by atoms with Crippen molar-refractivity contribution in [2.24, 2.45) is 0 Å². The van der Waals surface area contributed by atoms with Crippen LogP contribution in [-0.2, 0) is 16.4 Å². The molecule has 0 saturated carbocycles. The van der Waals surface area contributed by atoms with E-state index in [1.165, 1.54) is 22.5 Å². The lowest BCUT2D eigenvalue weighted by atomic mass is 10.1. The van der Waals surface area contributed by atoms with E-state index < -0.39 is 15.9 Å². The summed E-state index contributed by atoms with van der Waals surface area (Å²) < 4.78 is 26.8. The van der Waals surface area contributed by atoms with E-state index >= 15 is 0 Å². The quantitative estimate of drug-likeness (QED) is 0.827. The number of halogens is 1. The van der Waals surface area contributed by atoms with Crippen LogP contribution in [0.2, 0.25) is 5.02 Å². The van der Waals surface area contributed by atoms with Crippen LogP contribution < -0.4 is 5.32 Å². The van der Waals surface area contributed by atoms with E-state index in [4.69, 9.17) is 16.9 Å². The monoisotopic (exact) mass is 403 g/mol. The van der Waals surface area contributed by atoms with Crippen LogP contribution in [0.25, 0.3) is 0 Å². The lowest BCUT2D eigenvalue weighted by molar-refractivity contribution is 0.102. The zero-order valence-corrected chi connectivity index (χ0v) is 16.1. The third-order valence-electron chi connectivity index (χ3n) is 4.38. The van der Waals surface area contributed by atoms with Gasteiger partial charge >= 0.3 is 0 Å². The van der Waals surface area contributed by atoms with Crippen LogP contribution in [0.1, 0.15) is 28.8 Å². The fraction of sp³-hybridized carbons (Fsp3) is 0.263. The van der Waals surface area contributed by atoms with Gasteiger partial charge in [-0.25, -0.2) is 8.42 Å². The molecule has 1 aliphatic rings. The number of benzene rings is 2. The van der Waals surface area contributed by atoms with Gasteiger partial charge in [-0.2, -0.15) is 9.57 Å². The fourth-order valence-corrected chi connectivity index (χ4v) is 4.66. The second-order valence-electron chi connectivity index (χ2n) is 6.24. The van der Waals surface area contributed by atoms with Crippen molar-refractivity contribution < 1.29 is 13.2 Å². The highest BCUT2D eigenvalue weighted by molar-refractivity contribution is 7.89. The molecular weight excluding hydrogens is 386 g/mol. The number of nitrogens with one attached hydrogen (secondary N) is 1. The van der Waals surface area contributed by atoms with Crippen molar-refractivity contribution in [3.63, 3.8) is 0 Å². The minimum absolute atomic E-state index is 0.0586. The lowest BCUT2D eigenvalue weighted by Gasteiger charge is -2.16. The second kappa shape index (κ2) is 8.09. The molecule has 2 aromatic rings. The van der Waals surface area contributed by atoms with Gasteiger partial charge in [-0.1, -0.05) is 23.7 Å². The molecule has 0 bridgehead atoms. The lowest BCUT2D eigenvalue weighted by Crippen LogP contribution is -2.28. The second-order valence-corrected chi connectivity index (χ2v) is 8.58. The highest BCUT2D eigenvalue weighted by atomic mass is 35.5. The molecule has 140 valence electrons. The summed E-state index contributed by atoms with van der Waals surface area (Å²) in [5.74, 6) is -0.494. The summed E-state index contributed by atoms with van der Waals surface area (Å²) >= 11 is 6.13. The van der Waals surface area contributed by atoms with E-state index in [1.54, 1.807) is 24.3 Å². The molecule has 8 heteroatoms. The van der Waals surface area contributed by atoms with Crippen LogP contribution >= 0.6 is 11.6 Å². The van der Waals surface area contributed by atoms with Gasteiger partial charge in [0.05, 0.1) is 28.0 Å². The first-order chi connectivity index (χ1) is 12.9. The van der Waals surface area contributed by atoms with E-state index in [1.807, 2.05) is 0 Å². The molecule has 1 aliphatic heterocycles. The van der Waals surface area contributed by atoms with Crippen LogP contribution in [-0.4, -0.2) is 31.7 Å². The minimum Gasteiger partial charge on any atom is -0.322 e. The van der Waals surface area contributed by atoms with Crippen molar-refractivity contribution in [1.29, 1.82) is 5.26 Å². The average molecular weight is 404 g/mol. The maximum absolute atomic E-state index is 12.7. The molecule has 0 aliphatic carbocycles. The standard InChI is InChI=1S/C19H18ClN3O3S/c20-18-8-7-16(27(25,26)23-11-1-2-12-23)13-17(18)19(24)22-15-5-3-14(4-6-15)9-10-21/h3-8,13H,1-2,9,11-12H2,(H,22,24). The van der Waals surface area contributed by atoms with Crippen molar-refractivity contribution in [3.8, 4) is 6.07 Å². The van der Waals surface area contributed by atoms with Crippen molar-refractivity contribution in [1.82, 2.24) is 4.31 Å². The molecule has 1 fully saturated rings. The number of nitriles is 1. The van der Waals surface area contributed by atoms with Gasteiger partial charge in [0.2, 0.25) is 10.0 Å². The summed E-state index contributed by atoms with van der Waals surface area (Å²) in [6, 6.07) is 13.1. The number of anilines is 1. The first-order valence-electron chi connectivity index (χ1n) is 8.49. The zero-order valence-electron chi connectivity index (χ0n) is 14.5. The third-order valence-corrected chi connectivity index (χ3v) is 6.60. The van der Waals surface area contributed by atoms with Gasteiger partial charge in [0.25, 0.3) is 5.91 Å². The van der Waals surface area contributed by atoms with E-state index in [-0.39, 0.29) is 21.9 Å². The molecule has 1 saturated heterocycles. The SMILES string of the molecule is N#CCc1ccc(NC(=O)c2cc(S(=O)(=O)N3CCCC3)ccc2Cl)cc1. The summed E-state index contributed by atoms with van der Waals surface area (Å²) in [6.45, 7) is 0.975. The van der Waals surface area contributed by atoms with E-state index in [9.17, 15) is 13.2 Å². The number of sulfonamides is 1. The Balaban J connectivity index is 1.83. The van der Waals surface area contributed by atoms with Gasteiger partial charge < -0.3 is 5.32 Å². The molecule has 0 spiro atoms. The van der Waals surface area contributed by atoms with E-state index in [2.05, 4.69) is 11.4 Å². The molecule has 1 N–H and O–H groups in total. The summed E-state index contributed by atoms with van der Waals surface area (Å²) in [6.07, 6.45) is 1.96. The maximum Gasteiger partial charge on any atom is 0.257 e. The molecule has 1 heterocycles. The summed E-state index contributed by atoms with van der Waals surface area (Å²) in [4.78, 5) is 12.6. The van der Waals surface area contributed by atoms with Crippen LogP contribution in [0.4, 0.5) is 5.69 Å². The molecule has 1 amide bonds. The van der Waals surface area contributed by atoms with Crippen LogP contribution in [0, 0.1) is 11.3 Å². The topological polar surface area (TPSA) is 90.3 Å². The fourth-order valence-electron chi connectivity index (χ4n) is 2.91. The molecule has 2 aromatic carbocycles. The van der Waals surface area contributed by atoms with Crippen LogP contribution in [0.3, 0.4) is 0 Å². The molecule has 0 atom stereocenters. The van der Waals surface area contributed by atoms with Crippen molar-refractivity contribution in [2.75, 3.05) is 18.4 Å². The number of carbonyl (C=O) groups is 1. The van der Waals surface area contributed by atoms with Gasteiger partial charge in [0, 0.05) is 18.8 Å². The Morgan fingerprint density at radius 2 is 1.81 bits per heavy atom. The molecule has 0 unspecified atom stereocenters. The largest absolute Gasteiger partial charge is 0.322 e. The highest BCUT2D eigenvalue weighted by Gasteiger charge is 2.28. The number of hydrogen-bond acceptors (Lipinski definition) is 4. The molecular formula is C19H18ClN3O3S. The smallest absolute Gasteiger partial charge is 0.257 e. The molecule has 3 rings (SSSR count). The van der Waals surface area contributed by atoms with Crippen molar-refractivity contribution in [3.05, 3.63) is 58.6 Å². The van der Waals surface area contributed by atoms with Gasteiger partial charge in [-0.3, -0.25) is 4.79 Å². The minimum atomic E-state index is -3.63. The van der Waals surface area contributed by atoms with Crippen LogP contribution in [0.15, 0.2) is 47.4 Å². The number of amides is 1. The van der Waals surface area contributed by atoms with Crippen molar-refractivity contribution in [2.45, 2.75) is 24.2 Å². The number of carbonyl (C=O) groups excluding carboxylic acids is 1. The average Bonchev–Trinajstić information content (AvgIpc) is 3.19. The molecule has 6 nitrogen and oxygen atoms in total. The molecule has 0 radical (unpaired) electrons.